The van der Waals surface area contributed by atoms with Crippen molar-refractivity contribution >= 4 is 23.1 Å². The van der Waals surface area contributed by atoms with Crippen LogP contribution >= 0.6 is 0 Å². The maximum absolute atomic E-state index is 2.51. The van der Waals surface area contributed by atoms with E-state index in [2.05, 4.69) is 6.42 Å². The molecule has 2 aliphatic carbocycles. The SMILES string of the molecule is [Br-].[CH-]1CC2CCC1C2.[Mg+2]. The quantitative estimate of drug-likeness (QED) is 0.334. The van der Waals surface area contributed by atoms with Crippen molar-refractivity contribution in [1.82, 2.24) is 0 Å². The van der Waals surface area contributed by atoms with Gasteiger partial charge < -0.3 is 23.4 Å². The zero-order valence-electron chi connectivity index (χ0n) is 5.65. The van der Waals surface area contributed by atoms with Crippen LogP contribution in [0.3, 0.4) is 0 Å². The molecule has 0 saturated heterocycles. The largest absolute Gasteiger partial charge is 2.00 e. The standard InChI is InChI=1S/C7H11.BrH.Mg/c1-2-7-4-3-6(1)5-7;;/h1,6-7H,2-5H2;1H;/q-1;;+2/p-1. The summed E-state index contributed by atoms with van der Waals surface area (Å²) in [5, 5.41) is 0. The van der Waals surface area contributed by atoms with Gasteiger partial charge in [-0.3, -0.25) is 0 Å². The average molecular weight is 199 g/mol. The molecule has 0 nitrogen and oxygen atoms in total. The summed E-state index contributed by atoms with van der Waals surface area (Å²) >= 11 is 0. The van der Waals surface area contributed by atoms with Crippen LogP contribution in [0.1, 0.15) is 25.7 Å². The molecule has 0 heterocycles. The third-order valence-electron chi connectivity index (χ3n) is 2.38. The van der Waals surface area contributed by atoms with Crippen LogP contribution in [-0.4, -0.2) is 23.1 Å². The molecule has 0 aromatic rings. The van der Waals surface area contributed by atoms with Gasteiger partial charge in [-0.25, -0.2) is 0 Å². The fraction of sp³-hybridized carbons (Fsp3) is 0.857. The van der Waals surface area contributed by atoms with Crippen molar-refractivity contribution < 1.29 is 17.0 Å². The Kier molecular flexibility index (Phi) is 4.77. The van der Waals surface area contributed by atoms with Crippen molar-refractivity contribution in [1.29, 1.82) is 0 Å². The minimum Gasteiger partial charge on any atom is -1.00 e. The molecular weight excluding hydrogens is 188 g/mol. The molecule has 2 atom stereocenters. The van der Waals surface area contributed by atoms with Crippen LogP contribution < -0.4 is 17.0 Å². The maximum Gasteiger partial charge on any atom is 2.00 e. The third kappa shape index (κ3) is 2.09. The summed E-state index contributed by atoms with van der Waals surface area (Å²) in [6.45, 7) is 0. The predicted molar refractivity (Wildman–Crippen MR) is 35.5 cm³/mol. The molecule has 2 saturated carbocycles. The van der Waals surface area contributed by atoms with E-state index in [1.165, 1.54) is 25.7 Å². The molecule has 9 heavy (non-hydrogen) atoms. The molecule has 0 radical (unpaired) electrons. The van der Waals surface area contributed by atoms with Crippen LogP contribution in [0, 0.1) is 18.3 Å². The molecule has 0 aromatic carbocycles. The number of hydrogen-bond donors (Lipinski definition) is 0. The minimum atomic E-state index is 0. The second-order valence-electron chi connectivity index (χ2n) is 2.91. The van der Waals surface area contributed by atoms with E-state index >= 15 is 0 Å². The molecule has 0 N–H and O–H groups in total. The fourth-order valence-electron chi connectivity index (χ4n) is 1.93. The molecule has 2 unspecified atom stereocenters. The van der Waals surface area contributed by atoms with Gasteiger partial charge in [0.25, 0.3) is 0 Å². The van der Waals surface area contributed by atoms with Gasteiger partial charge in [0.2, 0.25) is 0 Å². The van der Waals surface area contributed by atoms with E-state index in [1.54, 1.807) is 0 Å². The van der Waals surface area contributed by atoms with Crippen LogP contribution in [-0.2, 0) is 0 Å². The Morgan fingerprint density at radius 1 is 1.22 bits per heavy atom. The van der Waals surface area contributed by atoms with Crippen LogP contribution in [0.4, 0.5) is 0 Å². The first-order valence-electron chi connectivity index (χ1n) is 3.28. The van der Waals surface area contributed by atoms with Crippen molar-refractivity contribution in [2.75, 3.05) is 0 Å². The van der Waals surface area contributed by atoms with Crippen LogP contribution in [0.5, 0.6) is 0 Å². The van der Waals surface area contributed by atoms with E-state index in [0.717, 1.165) is 11.8 Å². The van der Waals surface area contributed by atoms with Crippen molar-refractivity contribution in [3.05, 3.63) is 6.42 Å². The molecule has 0 spiro atoms. The number of fused-ring (bicyclic) bond motifs is 2. The summed E-state index contributed by atoms with van der Waals surface area (Å²) < 4.78 is 0. The van der Waals surface area contributed by atoms with Crippen molar-refractivity contribution in [3.63, 3.8) is 0 Å². The Morgan fingerprint density at radius 3 is 2.11 bits per heavy atom. The Bertz CT molecular complexity index is 67.0. The summed E-state index contributed by atoms with van der Waals surface area (Å²) in [5.41, 5.74) is 0. The van der Waals surface area contributed by atoms with Gasteiger partial charge in [0.05, 0.1) is 0 Å². The normalized spacial score (nSPS) is 37.3. The third-order valence-corrected chi connectivity index (χ3v) is 2.38. The van der Waals surface area contributed by atoms with Gasteiger partial charge >= 0.3 is 23.1 Å². The topological polar surface area (TPSA) is 0 Å². The number of hydrogen-bond acceptors (Lipinski definition) is 0. The van der Waals surface area contributed by atoms with Gasteiger partial charge in [0.1, 0.15) is 0 Å². The molecule has 0 aromatic heterocycles. The van der Waals surface area contributed by atoms with E-state index in [0.29, 0.717) is 0 Å². The molecular formula is C7H11BrMg. The van der Waals surface area contributed by atoms with E-state index in [4.69, 9.17) is 0 Å². The Labute approximate surface area is 83.7 Å². The molecule has 48 valence electrons. The number of halogens is 1. The molecule has 0 amide bonds. The van der Waals surface area contributed by atoms with Gasteiger partial charge in [-0.15, -0.1) is 0 Å². The van der Waals surface area contributed by atoms with E-state index < -0.39 is 0 Å². The molecule has 2 fully saturated rings. The molecule has 0 aliphatic heterocycles. The minimum absolute atomic E-state index is 0. The van der Waals surface area contributed by atoms with Crippen molar-refractivity contribution in [2.24, 2.45) is 11.8 Å². The van der Waals surface area contributed by atoms with E-state index in [9.17, 15) is 0 Å². The predicted octanol–water partition coefficient (Wildman–Crippen LogP) is -1.37. The number of rotatable bonds is 0. The zero-order valence-corrected chi connectivity index (χ0v) is 8.65. The first-order chi connectivity index (χ1) is 3.45. The second kappa shape index (κ2) is 4.19. The summed E-state index contributed by atoms with van der Waals surface area (Å²) in [5.74, 6) is 2.16. The molecule has 2 bridgehead atoms. The first-order valence-corrected chi connectivity index (χ1v) is 3.28. The Hall–Kier alpha value is 1.25. The molecule has 2 aliphatic rings. The monoisotopic (exact) mass is 198 g/mol. The van der Waals surface area contributed by atoms with Gasteiger partial charge in [0.15, 0.2) is 0 Å². The average Bonchev–Trinajstić information content (AvgIpc) is 2.22. The zero-order chi connectivity index (χ0) is 4.69. The second-order valence-corrected chi connectivity index (χ2v) is 2.91. The summed E-state index contributed by atoms with van der Waals surface area (Å²) in [6.07, 6.45) is 8.50. The van der Waals surface area contributed by atoms with E-state index in [-0.39, 0.29) is 40.0 Å². The Balaban J connectivity index is 0.000000320. The molecule has 2 heteroatoms. The van der Waals surface area contributed by atoms with Crippen LogP contribution in [0.2, 0.25) is 0 Å². The van der Waals surface area contributed by atoms with Gasteiger partial charge in [-0.1, -0.05) is 25.2 Å². The van der Waals surface area contributed by atoms with Crippen molar-refractivity contribution in [3.8, 4) is 0 Å². The smallest absolute Gasteiger partial charge is 1.00 e. The Morgan fingerprint density at radius 2 is 2.00 bits per heavy atom. The summed E-state index contributed by atoms with van der Waals surface area (Å²) in [7, 11) is 0. The van der Waals surface area contributed by atoms with E-state index in [1.807, 2.05) is 0 Å². The van der Waals surface area contributed by atoms with Crippen LogP contribution in [0.15, 0.2) is 0 Å². The van der Waals surface area contributed by atoms with Crippen molar-refractivity contribution in [2.45, 2.75) is 25.7 Å². The van der Waals surface area contributed by atoms with Crippen LogP contribution in [0.25, 0.3) is 0 Å². The van der Waals surface area contributed by atoms with Gasteiger partial charge in [-0.05, 0) is 0 Å². The van der Waals surface area contributed by atoms with Gasteiger partial charge in [0, 0.05) is 0 Å². The molecule has 2 rings (SSSR count). The van der Waals surface area contributed by atoms with Gasteiger partial charge in [-0.2, -0.15) is 12.3 Å². The fourth-order valence-corrected chi connectivity index (χ4v) is 1.93. The first kappa shape index (κ1) is 10.2. The summed E-state index contributed by atoms with van der Waals surface area (Å²) in [6, 6.07) is 0. The maximum atomic E-state index is 2.51. The summed E-state index contributed by atoms with van der Waals surface area (Å²) in [4.78, 5) is 0.